The number of aryl methyl sites for hydroxylation is 2. The van der Waals surface area contributed by atoms with Gasteiger partial charge in [0.2, 0.25) is 0 Å². The summed E-state index contributed by atoms with van der Waals surface area (Å²) in [5.41, 5.74) is 4.29. The smallest absolute Gasteiger partial charge is 0.266 e. The van der Waals surface area contributed by atoms with Gasteiger partial charge in [-0.1, -0.05) is 47.5 Å². The van der Waals surface area contributed by atoms with E-state index in [1.165, 1.54) is 24.3 Å². The number of carbonyl (C=O) groups excluding carboxylic acids is 1. The first-order valence-corrected chi connectivity index (χ1v) is 10.8. The molecule has 0 fully saturated rings. The fourth-order valence-electron chi connectivity index (χ4n) is 3.09. The number of nitrogens with zero attached hydrogens (tertiary/aromatic N) is 1. The Bertz CT molecular complexity index is 1260. The number of carbonyl (C=O) groups is 1. The summed E-state index contributed by atoms with van der Waals surface area (Å²) in [5.74, 6) is 0.214. The highest BCUT2D eigenvalue weighted by molar-refractivity contribution is 6.32. The lowest BCUT2D eigenvalue weighted by Gasteiger charge is -2.14. The van der Waals surface area contributed by atoms with E-state index in [2.05, 4.69) is 18.3 Å². The van der Waals surface area contributed by atoms with Crippen molar-refractivity contribution in [2.75, 3.05) is 12.4 Å². The second kappa shape index (κ2) is 10.9. The highest BCUT2D eigenvalue weighted by atomic mass is 35.5. The summed E-state index contributed by atoms with van der Waals surface area (Å²) in [6.07, 6.45) is 1.43. The fraction of sp³-hybridized carbons (Fsp3) is 0.154. The van der Waals surface area contributed by atoms with Gasteiger partial charge in [-0.05, 0) is 72.5 Å². The largest absolute Gasteiger partial charge is 0.493 e. The Balaban J connectivity index is 1.82. The van der Waals surface area contributed by atoms with Gasteiger partial charge in [0.05, 0.1) is 12.1 Å². The average molecular weight is 481 g/mol. The van der Waals surface area contributed by atoms with Crippen molar-refractivity contribution in [1.29, 1.82) is 5.26 Å². The molecule has 7 heteroatoms. The van der Waals surface area contributed by atoms with Crippen LogP contribution in [0.25, 0.3) is 6.08 Å². The molecule has 3 aromatic rings. The molecule has 0 aliphatic carbocycles. The van der Waals surface area contributed by atoms with Crippen LogP contribution in [0.3, 0.4) is 0 Å². The Morgan fingerprint density at radius 2 is 1.88 bits per heavy atom. The lowest BCUT2D eigenvalue weighted by molar-refractivity contribution is -0.112. The summed E-state index contributed by atoms with van der Waals surface area (Å²) >= 11 is 12.4. The molecule has 0 bridgehead atoms. The number of nitriles is 1. The van der Waals surface area contributed by atoms with Gasteiger partial charge in [0.25, 0.3) is 5.91 Å². The van der Waals surface area contributed by atoms with Crippen LogP contribution in [0.5, 0.6) is 11.5 Å². The quantitative estimate of drug-likeness (QED) is 0.300. The Morgan fingerprint density at radius 1 is 1.09 bits per heavy atom. The molecule has 0 unspecified atom stereocenters. The van der Waals surface area contributed by atoms with Gasteiger partial charge in [-0.15, -0.1) is 0 Å². The molecule has 0 atom stereocenters. The van der Waals surface area contributed by atoms with E-state index in [-0.39, 0.29) is 5.57 Å². The van der Waals surface area contributed by atoms with E-state index in [1.54, 1.807) is 36.4 Å². The molecule has 1 N–H and O–H groups in total. The predicted octanol–water partition coefficient (Wildman–Crippen LogP) is 6.74. The van der Waals surface area contributed by atoms with Crippen LogP contribution in [0.15, 0.2) is 60.2 Å². The monoisotopic (exact) mass is 480 g/mol. The van der Waals surface area contributed by atoms with E-state index in [9.17, 15) is 10.1 Å². The normalized spacial score (nSPS) is 11.0. The third-order valence-corrected chi connectivity index (χ3v) is 5.48. The van der Waals surface area contributed by atoms with E-state index in [1.807, 2.05) is 25.1 Å². The third kappa shape index (κ3) is 6.29. The lowest BCUT2D eigenvalue weighted by Crippen LogP contribution is -2.13. The van der Waals surface area contributed by atoms with Gasteiger partial charge in [-0.3, -0.25) is 4.79 Å². The van der Waals surface area contributed by atoms with E-state index >= 15 is 0 Å². The predicted molar refractivity (Wildman–Crippen MR) is 132 cm³/mol. The van der Waals surface area contributed by atoms with Crippen LogP contribution in [0.2, 0.25) is 10.0 Å². The topological polar surface area (TPSA) is 71.3 Å². The van der Waals surface area contributed by atoms with Crippen molar-refractivity contribution in [1.82, 2.24) is 0 Å². The third-order valence-electron chi connectivity index (χ3n) is 4.96. The summed E-state index contributed by atoms with van der Waals surface area (Å²) in [5, 5.41) is 12.9. The van der Waals surface area contributed by atoms with E-state index < -0.39 is 5.91 Å². The molecular formula is C26H22Cl2N2O3. The Labute approximate surface area is 203 Å². The second-order valence-corrected chi connectivity index (χ2v) is 8.22. The van der Waals surface area contributed by atoms with Crippen molar-refractivity contribution in [2.24, 2.45) is 0 Å². The standard InChI is InChI=1S/C26H22Cl2N2O3/c1-16-7-8-18(9-17(16)2)15-33-25-23(28)11-19(12-24(25)32-3)10-20(14-29)26(31)30-22-6-4-5-21(27)13-22/h4-13H,15H2,1-3H3,(H,30,31)/b20-10+. The van der Waals surface area contributed by atoms with Crippen LogP contribution in [-0.2, 0) is 11.4 Å². The number of halogens is 2. The van der Waals surface area contributed by atoms with Gasteiger partial charge < -0.3 is 14.8 Å². The number of rotatable bonds is 7. The maximum Gasteiger partial charge on any atom is 0.266 e. The molecule has 0 saturated heterocycles. The van der Waals surface area contributed by atoms with Crippen LogP contribution in [0.1, 0.15) is 22.3 Å². The molecule has 3 aromatic carbocycles. The first kappa shape index (κ1) is 24.2. The first-order chi connectivity index (χ1) is 15.8. The number of methoxy groups -OCH3 is 1. The summed E-state index contributed by atoms with van der Waals surface area (Å²) in [4.78, 5) is 12.5. The fourth-order valence-corrected chi connectivity index (χ4v) is 3.56. The maximum atomic E-state index is 12.5. The van der Waals surface area contributed by atoms with Gasteiger partial charge in [-0.25, -0.2) is 0 Å². The molecule has 1 amide bonds. The molecule has 0 saturated carbocycles. The molecule has 0 heterocycles. The minimum Gasteiger partial charge on any atom is -0.493 e. The molecule has 5 nitrogen and oxygen atoms in total. The summed E-state index contributed by atoms with van der Waals surface area (Å²) in [7, 11) is 1.50. The lowest BCUT2D eigenvalue weighted by atomic mass is 10.1. The zero-order valence-corrected chi connectivity index (χ0v) is 19.9. The van der Waals surface area contributed by atoms with Crippen LogP contribution in [0.4, 0.5) is 5.69 Å². The number of hydrogen-bond acceptors (Lipinski definition) is 4. The highest BCUT2D eigenvalue weighted by Gasteiger charge is 2.15. The van der Waals surface area contributed by atoms with E-state index in [0.29, 0.717) is 39.4 Å². The van der Waals surface area contributed by atoms with Crippen LogP contribution in [-0.4, -0.2) is 13.0 Å². The summed E-state index contributed by atoms with van der Waals surface area (Å²) < 4.78 is 11.4. The SMILES string of the molecule is COc1cc(/C=C(\C#N)C(=O)Nc2cccc(Cl)c2)cc(Cl)c1OCc1ccc(C)c(C)c1. The second-order valence-electron chi connectivity index (χ2n) is 7.38. The van der Waals surface area contributed by atoms with Crippen molar-refractivity contribution >= 4 is 40.9 Å². The Kier molecular flexibility index (Phi) is 8.00. The average Bonchev–Trinajstić information content (AvgIpc) is 2.78. The van der Waals surface area contributed by atoms with Gasteiger partial charge >= 0.3 is 0 Å². The van der Waals surface area contributed by atoms with Crippen molar-refractivity contribution < 1.29 is 14.3 Å². The summed E-state index contributed by atoms with van der Waals surface area (Å²) in [6.45, 7) is 4.41. The van der Waals surface area contributed by atoms with Crippen LogP contribution >= 0.6 is 23.2 Å². The molecular weight excluding hydrogens is 459 g/mol. The molecule has 0 spiro atoms. The van der Waals surface area contributed by atoms with Crippen molar-refractivity contribution in [2.45, 2.75) is 20.5 Å². The molecule has 168 valence electrons. The zero-order chi connectivity index (χ0) is 24.0. The number of nitrogens with one attached hydrogen (secondary N) is 1. The minimum absolute atomic E-state index is 0.100. The minimum atomic E-state index is -0.565. The molecule has 0 aliphatic rings. The molecule has 0 radical (unpaired) electrons. The number of amides is 1. The van der Waals surface area contributed by atoms with Crippen LogP contribution in [0, 0.1) is 25.2 Å². The van der Waals surface area contributed by atoms with Crippen molar-refractivity contribution in [3.63, 3.8) is 0 Å². The number of ether oxygens (including phenoxy) is 2. The molecule has 3 rings (SSSR count). The van der Waals surface area contributed by atoms with Gasteiger partial charge in [-0.2, -0.15) is 5.26 Å². The molecule has 0 aliphatic heterocycles. The highest BCUT2D eigenvalue weighted by Crippen LogP contribution is 2.37. The summed E-state index contributed by atoms with van der Waals surface area (Å²) in [6, 6.07) is 18.0. The van der Waals surface area contributed by atoms with Crippen molar-refractivity contribution in [3.8, 4) is 17.6 Å². The first-order valence-electron chi connectivity index (χ1n) is 10.1. The van der Waals surface area contributed by atoms with E-state index in [0.717, 1.165) is 5.56 Å². The molecule has 33 heavy (non-hydrogen) atoms. The number of anilines is 1. The van der Waals surface area contributed by atoms with Gasteiger partial charge in [0.15, 0.2) is 11.5 Å². The Hall–Kier alpha value is -3.46. The molecule has 0 aromatic heterocycles. The Morgan fingerprint density at radius 3 is 2.55 bits per heavy atom. The zero-order valence-electron chi connectivity index (χ0n) is 18.4. The van der Waals surface area contributed by atoms with Gasteiger partial charge in [0.1, 0.15) is 18.2 Å². The number of hydrogen-bond donors (Lipinski definition) is 1. The van der Waals surface area contributed by atoms with Gasteiger partial charge in [0, 0.05) is 10.7 Å². The van der Waals surface area contributed by atoms with Crippen LogP contribution < -0.4 is 14.8 Å². The van der Waals surface area contributed by atoms with E-state index in [4.69, 9.17) is 32.7 Å². The number of benzene rings is 3. The van der Waals surface area contributed by atoms with Crippen molar-refractivity contribution in [3.05, 3.63) is 92.5 Å². The maximum absolute atomic E-state index is 12.5.